The Balaban J connectivity index is 1.26. The van der Waals surface area contributed by atoms with Crippen LogP contribution in [0, 0.1) is 5.92 Å². The Morgan fingerprint density at radius 1 is 1.08 bits per heavy atom. The van der Waals surface area contributed by atoms with Crippen LogP contribution in [0.1, 0.15) is 78.1 Å². The number of amides is 2. The van der Waals surface area contributed by atoms with E-state index < -0.39 is 5.41 Å². The molecule has 1 spiro atoms. The number of piperidine rings is 1. The minimum Gasteiger partial charge on any atom is -0.339 e. The maximum Gasteiger partial charge on any atom is 0.237 e. The molecular weight excluding hydrogens is 474 g/mol. The van der Waals surface area contributed by atoms with Gasteiger partial charge in [0, 0.05) is 54.1 Å². The van der Waals surface area contributed by atoms with Gasteiger partial charge in [-0.15, -0.1) is 0 Å². The molecule has 6 nitrogen and oxygen atoms in total. The fourth-order valence-electron chi connectivity index (χ4n) is 7.21. The van der Waals surface area contributed by atoms with Crippen molar-refractivity contribution in [2.24, 2.45) is 5.92 Å². The quantitative estimate of drug-likeness (QED) is 0.479. The number of aromatic nitrogens is 1. The second-order valence-electron chi connectivity index (χ2n) is 11.1. The van der Waals surface area contributed by atoms with Crippen molar-refractivity contribution in [3.63, 3.8) is 0 Å². The van der Waals surface area contributed by atoms with Gasteiger partial charge in [0.15, 0.2) is 5.78 Å². The Bertz CT molecular complexity index is 1430. The molecule has 2 amide bonds. The second-order valence-corrected chi connectivity index (χ2v) is 11.1. The van der Waals surface area contributed by atoms with Crippen molar-refractivity contribution in [3.05, 3.63) is 94.7 Å². The van der Waals surface area contributed by atoms with E-state index in [4.69, 9.17) is 0 Å². The lowest BCUT2D eigenvalue weighted by Gasteiger charge is -2.42. The van der Waals surface area contributed by atoms with Crippen LogP contribution in [0.25, 0.3) is 0 Å². The van der Waals surface area contributed by atoms with Gasteiger partial charge < -0.3 is 10.2 Å². The van der Waals surface area contributed by atoms with Gasteiger partial charge in [0.2, 0.25) is 11.8 Å². The van der Waals surface area contributed by atoms with Crippen LogP contribution in [-0.4, -0.2) is 40.1 Å². The first kappa shape index (κ1) is 24.5. The molecule has 1 saturated heterocycles. The fraction of sp³-hybridized carbons (Fsp3) is 0.375. The van der Waals surface area contributed by atoms with Crippen LogP contribution in [0.3, 0.4) is 0 Å². The summed E-state index contributed by atoms with van der Waals surface area (Å²) in [5.41, 5.74) is 4.17. The molecule has 3 heterocycles. The van der Waals surface area contributed by atoms with Crippen molar-refractivity contribution in [1.82, 2.24) is 9.88 Å². The largest absolute Gasteiger partial charge is 0.339 e. The molecule has 5 atom stereocenters. The molecule has 3 aliphatic rings. The summed E-state index contributed by atoms with van der Waals surface area (Å²) in [6, 6.07) is 20.1. The standard InChI is InChI=1S/C32H33N3O3/c1-4-35-20(3)26(21-9-6-5-7-10-21)16-23(30(35)37)17-28(36)22-12-13-25-19(2)32(18-24(25)15-22)27-11-8-14-33-29(27)34-31(32)38/h5-15,19-20,23,26H,4,16-18H2,1-3H3,(H,33,34,38)/t19-,20+,23+,26+,32-/m0/s1. The van der Waals surface area contributed by atoms with Crippen molar-refractivity contribution < 1.29 is 14.4 Å². The van der Waals surface area contributed by atoms with Crippen molar-refractivity contribution in [3.8, 4) is 0 Å². The predicted molar refractivity (Wildman–Crippen MR) is 146 cm³/mol. The Kier molecular flexibility index (Phi) is 5.93. The van der Waals surface area contributed by atoms with E-state index in [0.717, 1.165) is 16.7 Å². The molecule has 2 aromatic carbocycles. The first-order valence-corrected chi connectivity index (χ1v) is 13.6. The number of carbonyl (C=O) groups excluding carboxylic acids is 3. The van der Waals surface area contributed by atoms with Crippen molar-refractivity contribution >= 4 is 23.4 Å². The summed E-state index contributed by atoms with van der Waals surface area (Å²) in [7, 11) is 0. The average Bonchev–Trinajstić information content (AvgIpc) is 3.39. The predicted octanol–water partition coefficient (Wildman–Crippen LogP) is 5.24. The second kappa shape index (κ2) is 9.19. The highest BCUT2D eigenvalue weighted by Gasteiger charge is 2.55. The molecule has 0 radical (unpaired) electrons. The lowest BCUT2D eigenvalue weighted by atomic mass is 9.73. The number of fused-ring (bicyclic) bond motifs is 3. The topological polar surface area (TPSA) is 79.4 Å². The van der Waals surface area contributed by atoms with Gasteiger partial charge in [-0.1, -0.05) is 55.5 Å². The summed E-state index contributed by atoms with van der Waals surface area (Å²) in [6.07, 6.45) is 3.09. The molecule has 1 aromatic heterocycles. The number of pyridine rings is 1. The van der Waals surface area contributed by atoms with Crippen LogP contribution in [-0.2, 0) is 21.4 Å². The highest BCUT2D eigenvalue weighted by molar-refractivity contribution is 6.07. The van der Waals surface area contributed by atoms with Crippen LogP contribution >= 0.6 is 0 Å². The zero-order valence-electron chi connectivity index (χ0n) is 22.1. The summed E-state index contributed by atoms with van der Waals surface area (Å²) in [6.45, 7) is 6.83. The molecule has 38 heavy (non-hydrogen) atoms. The van der Waals surface area contributed by atoms with Crippen molar-refractivity contribution in [2.45, 2.75) is 63.3 Å². The number of ketones is 1. The molecule has 6 rings (SSSR count). The van der Waals surface area contributed by atoms with Gasteiger partial charge in [-0.25, -0.2) is 4.98 Å². The minimum absolute atomic E-state index is 0.0184. The third-order valence-corrected chi connectivity index (χ3v) is 9.31. The number of hydrogen-bond acceptors (Lipinski definition) is 4. The highest BCUT2D eigenvalue weighted by Crippen LogP contribution is 2.54. The number of likely N-dealkylation sites (tertiary alicyclic amines) is 1. The molecule has 6 heteroatoms. The molecule has 2 aliphatic heterocycles. The lowest BCUT2D eigenvalue weighted by Crippen LogP contribution is -2.50. The van der Waals surface area contributed by atoms with Crippen LogP contribution < -0.4 is 5.32 Å². The van der Waals surface area contributed by atoms with Crippen molar-refractivity contribution in [2.75, 3.05) is 11.9 Å². The van der Waals surface area contributed by atoms with Crippen LogP contribution in [0.2, 0.25) is 0 Å². The first-order chi connectivity index (χ1) is 18.3. The minimum atomic E-state index is -0.701. The number of nitrogens with zero attached hydrogens (tertiary/aromatic N) is 2. The number of likely N-dealkylation sites (N-methyl/N-ethyl adjacent to an activating group) is 1. The number of anilines is 1. The van der Waals surface area contributed by atoms with Gasteiger partial charge in [0.05, 0.1) is 5.41 Å². The molecule has 1 aliphatic carbocycles. The number of rotatable bonds is 5. The molecule has 1 fully saturated rings. The van der Waals surface area contributed by atoms with E-state index >= 15 is 0 Å². The Morgan fingerprint density at radius 3 is 2.63 bits per heavy atom. The van der Waals surface area contributed by atoms with E-state index in [2.05, 4.69) is 36.3 Å². The molecule has 194 valence electrons. The lowest BCUT2D eigenvalue weighted by molar-refractivity contribution is -0.142. The van der Waals surface area contributed by atoms with Crippen LogP contribution in [0.15, 0.2) is 66.9 Å². The van der Waals surface area contributed by atoms with E-state index in [1.165, 1.54) is 5.56 Å². The molecule has 0 bridgehead atoms. The van der Waals surface area contributed by atoms with E-state index in [-0.39, 0.29) is 47.8 Å². The number of Topliss-reactive ketones (excluding diaryl/α,β-unsaturated/α-hetero) is 1. The summed E-state index contributed by atoms with van der Waals surface area (Å²) < 4.78 is 0. The highest BCUT2D eigenvalue weighted by atomic mass is 16.2. The molecule has 0 saturated carbocycles. The third-order valence-electron chi connectivity index (χ3n) is 9.31. The zero-order chi connectivity index (χ0) is 26.6. The Hall–Kier alpha value is -3.80. The SMILES string of the molecule is CCN1C(=O)[C@@H](CC(=O)c2ccc3c(c2)C[C@]2(C(=O)Nc4ncccc42)[C@H]3C)C[C@@H](c2ccccc2)[C@H]1C. The van der Waals surface area contributed by atoms with Gasteiger partial charge in [-0.2, -0.15) is 0 Å². The Labute approximate surface area is 223 Å². The van der Waals surface area contributed by atoms with Gasteiger partial charge in [-0.05, 0) is 55.5 Å². The summed E-state index contributed by atoms with van der Waals surface area (Å²) in [5, 5.41) is 2.96. The maximum absolute atomic E-state index is 13.6. The number of benzene rings is 2. The average molecular weight is 508 g/mol. The molecule has 1 N–H and O–H groups in total. The first-order valence-electron chi connectivity index (χ1n) is 13.6. The number of carbonyl (C=O) groups is 3. The molecule has 3 aromatic rings. The summed E-state index contributed by atoms with van der Waals surface area (Å²) in [5.74, 6) is 0.473. The smallest absolute Gasteiger partial charge is 0.237 e. The number of hydrogen-bond donors (Lipinski definition) is 1. The Morgan fingerprint density at radius 2 is 1.87 bits per heavy atom. The number of nitrogens with one attached hydrogen (secondary N) is 1. The fourth-order valence-corrected chi connectivity index (χ4v) is 7.21. The maximum atomic E-state index is 13.6. The van der Waals surface area contributed by atoms with Gasteiger partial charge in [0.25, 0.3) is 0 Å². The van der Waals surface area contributed by atoms with Gasteiger partial charge in [0.1, 0.15) is 5.82 Å². The van der Waals surface area contributed by atoms with E-state index in [1.807, 2.05) is 60.4 Å². The van der Waals surface area contributed by atoms with Gasteiger partial charge in [-0.3, -0.25) is 14.4 Å². The van der Waals surface area contributed by atoms with E-state index in [0.29, 0.717) is 30.8 Å². The van der Waals surface area contributed by atoms with E-state index in [1.54, 1.807) is 6.20 Å². The summed E-state index contributed by atoms with van der Waals surface area (Å²) in [4.78, 5) is 46.5. The zero-order valence-corrected chi connectivity index (χ0v) is 22.1. The van der Waals surface area contributed by atoms with Crippen LogP contribution in [0.4, 0.5) is 5.82 Å². The normalized spacial score (nSPS) is 27.8. The third kappa shape index (κ3) is 3.61. The van der Waals surface area contributed by atoms with Crippen LogP contribution in [0.5, 0.6) is 0 Å². The molecular formula is C32H33N3O3. The summed E-state index contributed by atoms with van der Waals surface area (Å²) >= 11 is 0. The van der Waals surface area contributed by atoms with Gasteiger partial charge >= 0.3 is 0 Å². The monoisotopic (exact) mass is 507 g/mol. The van der Waals surface area contributed by atoms with Crippen molar-refractivity contribution in [1.29, 1.82) is 0 Å². The molecule has 0 unspecified atom stereocenters. The van der Waals surface area contributed by atoms with E-state index in [9.17, 15) is 14.4 Å².